The van der Waals surface area contributed by atoms with Crippen LogP contribution in [0.5, 0.6) is 5.75 Å². The molecule has 0 saturated heterocycles. The summed E-state index contributed by atoms with van der Waals surface area (Å²) in [5.41, 5.74) is 0.281. The van der Waals surface area contributed by atoms with Crippen molar-refractivity contribution in [3.05, 3.63) is 63.2 Å². The van der Waals surface area contributed by atoms with Crippen LogP contribution in [0.1, 0.15) is 16.1 Å². The van der Waals surface area contributed by atoms with Crippen molar-refractivity contribution in [2.45, 2.75) is 6.61 Å². The molecule has 0 aliphatic rings. The Hall–Kier alpha value is -2.27. The molecule has 1 aromatic heterocycles. The lowest BCUT2D eigenvalue weighted by molar-refractivity contribution is 0.0658. The van der Waals surface area contributed by atoms with E-state index in [1.54, 1.807) is 24.3 Å². The summed E-state index contributed by atoms with van der Waals surface area (Å²) in [4.78, 5) is 22.1. The molecule has 0 aliphatic heterocycles. The van der Waals surface area contributed by atoms with E-state index in [2.05, 4.69) is 0 Å². The smallest absolute Gasteiger partial charge is 0.371 e. The van der Waals surface area contributed by atoms with Gasteiger partial charge in [0, 0.05) is 11.1 Å². The molecular weight excluding hydrogens is 272 g/mol. The Kier molecular flexibility index (Phi) is 3.87. The Morgan fingerprint density at radius 1 is 1.32 bits per heavy atom. The van der Waals surface area contributed by atoms with Gasteiger partial charge in [-0.25, -0.2) is 4.79 Å². The fourth-order valence-electron chi connectivity index (χ4n) is 1.36. The lowest BCUT2D eigenvalue weighted by Crippen LogP contribution is -2.10. The largest absolute Gasteiger partial charge is 0.482 e. The van der Waals surface area contributed by atoms with E-state index in [0.29, 0.717) is 5.02 Å². The number of hydrogen-bond donors (Lipinski definition) is 1. The van der Waals surface area contributed by atoms with Crippen LogP contribution in [0.3, 0.4) is 0 Å². The van der Waals surface area contributed by atoms with Crippen molar-refractivity contribution >= 4 is 17.6 Å². The molecule has 0 saturated carbocycles. The van der Waals surface area contributed by atoms with Gasteiger partial charge in [-0.3, -0.25) is 4.79 Å². The predicted octanol–water partition coefficient (Wildman–Crippen LogP) is 2.57. The number of halogens is 1. The Labute approximate surface area is 113 Å². The maximum atomic E-state index is 11.6. The van der Waals surface area contributed by atoms with Gasteiger partial charge in [0.2, 0.25) is 16.9 Å². The van der Waals surface area contributed by atoms with Gasteiger partial charge in [0.05, 0.1) is 0 Å². The van der Waals surface area contributed by atoms with Crippen molar-refractivity contribution in [2.75, 3.05) is 0 Å². The van der Waals surface area contributed by atoms with Crippen molar-refractivity contribution < 1.29 is 19.1 Å². The second kappa shape index (κ2) is 5.58. The summed E-state index contributed by atoms with van der Waals surface area (Å²) >= 11 is 5.74. The molecule has 2 rings (SSSR count). The third kappa shape index (κ3) is 3.35. The quantitative estimate of drug-likeness (QED) is 0.931. The van der Waals surface area contributed by atoms with Crippen LogP contribution in [0.2, 0.25) is 5.02 Å². The van der Waals surface area contributed by atoms with Gasteiger partial charge >= 0.3 is 5.97 Å². The van der Waals surface area contributed by atoms with Crippen LogP contribution in [-0.4, -0.2) is 11.1 Å². The summed E-state index contributed by atoms with van der Waals surface area (Å²) in [6, 6.07) is 7.80. The molecule has 0 fully saturated rings. The van der Waals surface area contributed by atoms with Crippen LogP contribution >= 0.6 is 11.6 Å². The molecule has 0 bridgehead atoms. The van der Waals surface area contributed by atoms with Gasteiger partial charge < -0.3 is 14.3 Å². The fourth-order valence-corrected chi connectivity index (χ4v) is 1.48. The van der Waals surface area contributed by atoms with Crippen LogP contribution in [0.15, 0.2) is 45.8 Å². The highest BCUT2D eigenvalue weighted by Crippen LogP contribution is 2.12. The summed E-state index contributed by atoms with van der Waals surface area (Å²) < 4.78 is 10.0. The normalized spacial score (nSPS) is 10.2. The van der Waals surface area contributed by atoms with Gasteiger partial charge in [0.25, 0.3) is 0 Å². The number of hydrogen-bond acceptors (Lipinski definition) is 4. The van der Waals surface area contributed by atoms with Crippen LogP contribution in [0.4, 0.5) is 0 Å². The molecular formula is C13H9ClO5. The van der Waals surface area contributed by atoms with E-state index >= 15 is 0 Å². The van der Waals surface area contributed by atoms with E-state index in [0.717, 1.165) is 17.9 Å². The molecule has 0 atom stereocenters. The summed E-state index contributed by atoms with van der Waals surface area (Å²) in [6.45, 7) is 0.161. The number of carbonyl (C=O) groups is 1. The van der Waals surface area contributed by atoms with E-state index in [1.165, 1.54) is 0 Å². The summed E-state index contributed by atoms with van der Waals surface area (Å²) in [7, 11) is 0. The maximum absolute atomic E-state index is 11.6. The SMILES string of the molecule is O=C(O)c1cc(=O)c(OCc2ccc(Cl)cc2)co1. The zero-order valence-corrected chi connectivity index (χ0v) is 10.4. The minimum atomic E-state index is -1.30. The third-order valence-corrected chi connectivity index (χ3v) is 2.57. The number of carboxylic acid groups (broad SMARTS) is 1. The molecule has 1 N–H and O–H groups in total. The van der Waals surface area contributed by atoms with Gasteiger partial charge in [-0.15, -0.1) is 0 Å². The zero-order valence-electron chi connectivity index (χ0n) is 9.63. The molecule has 2 aromatic rings. The predicted molar refractivity (Wildman–Crippen MR) is 67.7 cm³/mol. The Bertz CT molecular complexity index is 645. The maximum Gasteiger partial charge on any atom is 0.371 e. The van der Waals surface area contributed by atoms with Crippen molar-refractivity contribution in [1.82, 2.24) is 0 Å². The molecule has 0 radical (unpaired) electrons. The van der Waals surface area contributed by atoms with E-state index in [-0.39, 0.29) is 12.4 Å². The van der Waals surface area contributed by atoms with Crippen molar-refractivity contribution in [1.29, 1.82) is 0 Å². The van der Waals surface area contributed by atoms with Crippen molar-refractivity contribution in [3.8, 4) is 5.75 Å². The Morgan fingerprint density at radius 2 is 2.00 bits per heavy atom. The number of ether oxygens (including phenoxy) is 1. The van der Waals surface area contributed by atoms with Gasteiger partial charge in [-0.2, -0.15) is 0 Å². The van der Waals surface area contributed by atoms with Gasteiger partial charge in [-0.05, 0) is 17.7 Å². The second-order valence-electron chi connectivity index (χ2n) is 3.69. The van der Waals surface area contributed by atoms with Gasteiger partial charge in [-0.1, -0.05) is 23.7 Å². The highest BCUT2D eigenvalue weighted by atomic mass is 35.5. The second-order valence-corrected chi connectivity index (χ2v) is 4.13. The summed E-state index contributed by atoms with van der Waals surface area (Å²) in [5, 5.41) is 9.25. The lowest BCUT2D eigenvalue weighted by Gasteiger charge is -2.05. The van der Waals surface area contributed by atoms with Crippen molar-refractivity contribution in [3.63, 3.8) is 0 Å². The molecule has 5 nitrogen and oxygen atoms in total. The number of rotatable bonds is 4. The van der Waals surface area contributed by atoms with E-state index in [9.17, 15) is 9.59 Å². The van der Waals surface area contributed by atoms with Crippen LogP contribution in [0, 0.1) is 0 Å². The molecule has 0 amide bonds. The molecule has 0 unspecified atom stereocenters. The first-order valence-electron chi connectivity index (χ1n) is 5.29. The monoisotopic (exact) mass is 280 g/mol. The van der Waals surface area contributed by atoms with Crippen LogP contribution in [0.25, 0.3) is 0 Å². The Morgan fingerprint density at radius 3 is 2.58 bits per heavy atom. The first-order valence-corrected chi connectivity index (χ1v) is 5.67. The third-order valence-electron chi connectivity index (χ3n) is 2.32. The summed E-state index contributed by atoms with van der Waals surface area (Å²) in [6.07, 6.45) is 0.988. The highest BCUT2D eigenvalue weighted by molar-refractivity contribution is 6.30. The first-order chi connectivity index (χ1) is 9.06. The molecule has 98 valence electrons. The van der Waals surface area contributed by atoms with E-state index in [1.807, 2.05) is 0 Å². The number of benzene rings is 1. The zero-order chi connectivity index (χ0) is 13.8. The van der Waals surface area contributed by atoms with Crippen LogP contribution < -0.4 is 10.2 Å². The van der Waals surface area contributed by atoms with Crippen LogP contribution in [-0.2, 0) is 6.61 Å². The molecule has 0 aliphatic carbocycles. The highest BCUT2D eigenvalue weighted by Gasteiger charge is 2.10. The summed E-state index contributed by atoms with van der Waals surface area (Å²) in [5.74, 6) is -1.77. The molecule has 1 aromatic carbocycles. The molecule has 19 heavy (non-hydrogen) atoms. The number of carboxylic acids is 1. The molecule has 1 heterocycles. The average Bonchev–Trinajstić information content (AvgIpc) is 2.39. The minimum Gasteiger partial charge on any atom is -0.482 e. The first kappa shape index (κ1) is 13.2. The molecule has 6 heteroatoms. The fraction of sp³-hybridized carbons (Fsp3) is 0.0769. The van der Waals surface area contributed by atoms with E-state index < -0.39 is 17.2 Å². The number of aromatic carboxylic acids is 1. The molecule has 0 spiro atoms. The van der Waals surface area contributed by atoms with Crippen molar-refractivity contribution in [2.24, 2.45) is 0 Å². The Balaban J connectivity index is 2.10. The standard InChI is InChI=1S/C13H9ClO5/c14-9-3-1-8(2-4-9)6-18-12-7-19-11(13(16)17)5-10(12)15/h1-5,7H,6H2,(H,16,17). The lowest BCUT2D eigenvalue weighted by atomic mass is 10.2. The van der Waals surface area contributed by atoms with Gasteiger partial charge in [0.1, 0.15) is 12.9 Å². The minimum absolute atomic E-state index is 0.0417. The van der Waals surface area contributed by atoms with Gasteiger partial charge in [0.15, 0.2) is 0 Å². The topological polar surface area (TPSA) is 76.7 Å². The average molecular weight is 281 g/mol. The van der Waals surface area contributed by atoms with E-state index in [4.69, 9.17) is 25.9 Å².